The average molecular weight is 221 g/mol. The number of rotatable bonds is 2. The minimum Gasteiger partial charge on any atom is -0.309 e. The second-order valence-corrected chi connectivity index (χ2v) is 5.25. The maximum Gasteiger partial charge on any atom is 0.123 e. The Morgan fingerprint density at radius 2 is 2.19 bits per heavy atom. The van der Waals surface area contributed by atoms with Crippen LogP contribution in [0.1, 0.15) is 44.2 Å². The third-order valence-corrected chi connectivity index (χ3v) is 3.48. The number of hydrogen-bond acceptors (Lipinski definition) is 1. The molecule has 2 atom stereocenters. The van der Waals surface area contributed by atoms with Crippen LogP contribution in [0.2, 0.25) is 0 Å². The maximum atomic E-state index is 13.1. The van der Waals surface area contributed by atoms with Crippen molar-refractivity contribution in [3.63, 3.8) is 0 Å². The van der Waals surface area contributed by atoms with Crippen LogP contribution in [-0.2, 0) is 6.54 Å². The van der Waals surface area contributed by atoms with E-state index >= 15 is 0 Å². The molecule has 1 heterocycles. The van der Waals surface area contributed by atoms with Crippen LogP contribution in [0.5, 0.6) is 0 Å². The van der Waals surface area contributed by atoms with Crippen LogP contribution in [0.3, 0.4) is 0 Å². The smallest absolute Gasteiger partial charge is 0.123 e. The lowest BCUT2D eigenvalue weighted by Crippen LogP contribution is -2.39. The first-order valence-electron chi connectivity index (χ1n) is 6.09. The molecule has 2 unspecified atom stereocenters. The molecule has 0 saturated carbocycles. The van der Waals surface area contributed by atoms with E-state index < -0.39 is 0 Å². The quantitative estimate of drug-likeness (QED) is 0.806. The first kappa shape index (κ1) is 11.6. The summed E-state index contributed by atoms with van der Waals surface area (Å²) in [6.45, 7) is 7.52. The lowest BCUT2D eigenvalue weighted by molar-refractivity contribution is 0.354. The summed E-state index contributed by atoms with van der Waals surface area (Å²) in [5.74, 6) is 1.05. The molecule has 0 saturated heterocycles. The van der Waals surface area contributed by atoms with Crippen LogP contribution in [0.15, 0.2) is 18.2 Å². The van der Waals surface area contributed by atoms with Gasteiger partial charge in [-0.15, -0.1) is 0 Å². The topological polar surface area (TPSA) is 12.0 Å². The molecule has 0 spiro atoms. The highest BCUT2D eigenvalue weighted by Gasteiger charge is 2.26. The molecule has 1 aliphatic heterocycles. The summed E-state index contributed by atoms with van der Waals surface area (Å²) in [6, 6.07) is 5.71. The molecule has 0 bridgehead atoms. The van der Waals surface area contributed by atoms with E-state index in [0.29, 0.717) is 17.9 Å². The highest BCUT2D eigenvalue weighted by Crippen LogP contribution is 2.30. The molecule has 2 heteroatoms. The normalized spacial score (nSPS) is 24.6. The molecule has 0 radical (unpaired) electrons. The molecule has 1 aromatic rings. The molecule has 1 aliphatic rings. The number of benzene rings is 1. The number of halogens is 1. The van der Waals surface area contributed by atoms with Crippen molar-refractivity contribution < 1.29 is 4.39 Å². The van der Waals surface area contributed by atoms with Gasteiger partial charge in [0.25, 0.3) is 0 Å². The molecule has 16 heavy (non-hydrogen) atoms. The fourth-order valence-electron chi connectivity index (χ4n) is 2.60. The zero-order valence-electron chi connectivity index (χ0n) is 10.3. The van der Waals surface area contributed by atoms with Gasteiger partial charge in [-0.2, -0.15) is 0 Å². The highest BCUT2D eigenvalue weighted by atomic mass is 19.1. The van der Waals surface area contributed by atoms with Crippen molar-refractivity contribution >= 4 is 0 Å². The first-order chi connectivity index (χ1) is 7.58. The number of nitrogens with one attached hydrogen (secondary N) is 1. The summed E-state index contributed by atoms with van der Waals surface area (Å²) in [7, 11) is 0. The van der Waals surface area contributed by atoms with Gasteiger partial charge in [0.1, 0.15) is 5.82 Å². The summed E-state index contributed by atoms with van der Waals surface area (Å²) >= 11 is 0. The molecule has 1 aromatic carbocycles. The van der Waals surface area contributed by atoms with E-state index in [2.05, 4.69) is 26.1 Å². The Morgan fingerprint density at radius 3 is 2.88 bits per heavy atom. The van der Waals surface area contributed by atoms with E-state index in [1.54, 1.807) is 12.1 Å². The van der Waals surface area contributed by atoms with Crippen molar-refractivity contribution in [3.05, 3.63) is 35.1 Å². The minimum absolute atomic E-state index is 0.130. The molecule has 0 aliphatic carbocycles. The fraction of sp³-hybridized carbons (Fsp3) is 0.571. The molecular formula is C14H20FN. The Bertz CT molecular complexity index is 373. The van der Waals surface area contributed by atoms with Crippen LogP contribution in [0.25, 0.3) is 0 Å². The Balaban J connectivity index is 2.22. The second-order valence-electron chi connectivity index (χ2n) is 5.25. The Hall–Kier alpha value is -0.890. The molecule has 2 rings (SSSR count). The monoisotopic (exact) mass is 221 g/mol. The molecule has 0 aromatic heterocycles. The summed E-state index contributed by atoms with van der Waals surface area (Å²) < 4.78 is 13.1. The fourth-order valence-corrected chi connectivity index (χ4v) is 2.60. The zero-order valence-corrected chi connectivity index (χ0v) is 10.3. The standard InChI is InChI=1S/C14H20FN/c1-9(2)6-14-10(3)13-5-4-12(15)7-11(13)8-16-14/h4-5,7,9-10,14,16H,6,8H2,1-3H3. The number of hydrogen-bond donors (Lipinski definition) is 1. The Labute approximate surface area is 97.1 Å². The second kappa shape index (κ2) is 4.54. The van der Waals surface area contributed by atoms with E-state index in [4.69, 9.17) is 0 Å². The van der Waals surface area contributed by atoms with Crippen LogP contribution >= 0.6 is 0 Å². The van der Waals surface area contributed by atoms with Crippen LogP contribution < -0.4 is 5.32 Å². The van der Waals surface area contributed by atoms with E-state index in [-0.39, 0.29) is 5.82 Å². The van der Waals surface area contributed by atoms with Gasteiger partial charge in [-0.25, -0.2) is 4.39 Å². The lowest BCUT2D eigenvalue weighted by Gasteiger charge is -2.33. The predicted octanol–water partition coefficient (Wildman–Crippen LogP) is 3.45. The van der Waals surface area contributed by atoms with E-state index in [1.807, 2.05) is 6.07 Å². The van der Waals surface area contributed by atoms with Crippen molar-refractivity contribution in [3.8, 4) is 0 Å². The SMILES string of the molecule is CC(C)CC1NCc2cc(F)ccc2C1C. The summed E-state index contributed by atoms with van der Waals surface area (Å²) in [4.78, 5) is 0. The average Bonchev–Trinajstić information content (AvgIpc) is 2.22. The molecule has 1 nitrogen and oxygen atoms in total. The minimum atomic E-state index is -0.130. The summed E-state index contributed by atoms with van der Waals surface area (Å²) in [6.07, 6.45) is 1.18. The molecule has 0 fully saturated rings. The summed E-state index contributed by atoms with van der Waals surface area (Å²) in [5.41, 5.74) is 2.43. The van der Waals surface area contributed by atoms with Gasteiger partial charge < -0.3 is 5.32 Å². The predicted molar refractivity (Wildman–Crippen MR) is 64.9 cm³/mol. The van der Waals surface area contributed by atoms with Crippen LogP contribution in [-0.4, -0.2) is 6.04 Å². The maximum absolute atomic E-state index is 13.1. The third-order valence-electron chi connectivity index (χ3n) is 3.48. The van der Waals surface area contributed by atoms with E-state index in [9.17, 15) is 4.39 Å². The number of fused-ring (bicyclic) bond motifs is 1. The molecular weight excluding hydrogens is 201 g/mol. The van der Waals surface area contributed by atoms with E-state index in [1.165, 1.54) is 12.0 Å². The van der Waals surface area contributed by atoms with Gasteiger partial charge in [0.15, 0.2) is 0 Å². The van der Waals surface area contributed by atoms with E-state index in [0.717, 1.165) is 12.1 Å². The summed E-state index contributed by atoms with van der Waals surface area (Å²) in [5, 5.41) is 3.52. The largest absolute Gasteiger partial charge is 0.309 e. The Morgan fingerprint density at radius 1 is 1.44 bits per heavy atom. The van der Waals surface area contributed by atoms with Gasteiger partial charge in [0, 0.05) is 12.6 Å². The Kier molecular flexibility index (Phi) is 3.29. The van der Waals surface area contributed by atoms with Crippen molar-refractivity contribution in [2.24, 2.45) is 5.92 Å². The van der Waals surface area contributed by atoms with Gasteiger partial charge in [-0.05, 0) is 41.5 Å². The van der Waals surface area contributed by atoms with Gasteiger partial charge in [-0.3, -0.25) is 0 Å². The van der Waals surface area contributed by atoms with Gasteiger partial charge >= 0.3 is 0 Å². The van der Waals surface area contributed by atoms with Gasteiger partial charge in [0.05, 0.1) is 0 Å². The van der Waals surface area contributed by atoms with Crippen LogP contribution in [0.4, 0.5) is 4.39 Å². The van der Waals surface area contributed by atoms with Crippen molar-refractivity contribution in [1.29, 1.82) is 0 Å². The van der Waals surface area contributed by atoms with Crippen molar-refractivity contribution in [2.75, 3.05) is 0 Å². The van der Waals surface area contributed by atoms with Crippen molar-refractivity contribution in [1.82, 2.24) is 5.32 Å². The van der Waals surface area contributed by atoms with Gasteiger partial charge in [-0.1, -0.05) is 26.8 Å². The third kappa shape index (κ3) is 2.27. The lowest BCUT2D eigenvalue weighted by atomic mass is 9.82. The first-order valence-corrected chi connectivity index (χ1v) is 6.09. The van der Waals surface area contributed by atoms with Crippen LogP contribution in [0, 0.1) is 11.7 Å². The van der Waals surface area contributed by atoms with Crippen molar-refractivity contribution in [2.45, 2.75) is 45.7 Å². The highest BCUT2D eigenvalue weighted by molar-refractivity contribution is 5.34. The molecule has 1 N–H and O–H groups in total. The van der Waals surface area contributed by atoms with Gasteiger partial charge in [0.2, 0.25) is 0 Å². The molecule has 88 valence electrons. The molecule has 0 amide bonds. The zero-order chi connectivity index (χ0) is 11.7.